The zero-order valence-electron chi connectivity index (χ0n) is 11.9. The summed E-state index contributed by atoms with van der Waals surface area (Å²) in [7, 11) is 3.63. The van der Waals surface area contributed by atoms with Crippen LogP contribution in [0.15, 0.2) is 27.9 Å². The minimum Gasteiger partial charge on any atom is -0.491 e. The van der Waals surface area contributed by atoms with Crippen molar-refractivity contribution in [3.05, 3.63) is 44.7 Å². The van der Waals surface area contributed by atoms with E-state index in [1.165, 1.54) is 20.4 Å². The van der Waals surface area contributed by atoms with E-state index in [4.69, 9.17) is 4.74 Å². The van der Waals surface area contributed by atoms with Crippen molar-refractivity contribution < 1.29 is 17.9 Å². The lowest BCUT2D eigenvalue weighted by Gasteiger charge is -2.14. The molecule has 2 heterocycles. The molecule has 6 nitrogen and oxygen atoms in total. The number of ether oxygens (including phenoxy) is 1. The molecule has 22 heavy (non-hydrogen) atoms. The van der Waals surface area contributed by atoms with Gasteiger partial charge in [-0.2, -0.15) is 18.3 Å². The molecule has 0 aliphatic rings. The molecule has 0 saturated carbocycles. The maximum Gasteiger partial charge on any atom is 0.431 e. The average molecular weight is 315 g/mol. The van der Waals surface area contributed by atoms with Crippen molar-refractivity contribution in [1.82, 2.24) is 14.3 Å². The summed E-state index contributed by atoms with van der Waals surface area (Å²) < 4.78 is 44.8. The van der Waals surface area contributed by atoms with E-state index in [1.54, 1.807) is 0 Å². The lowest BCUT2D eigenvalue weighted by Crippen LogP contribution is -2.28. The monoisotopic (exact) mass is 315 g/mol. The number of alkyl halides is 3. The highest BCUT2D eigenvalue weighted by Crippen LogP contribution is 2.30. The predicted octanol–water partition coefficient (Wildman–Crippen LogP) is 1.17. The molecule has 0 aromatic carbocycles. The number of halogens is 3. The molecule has 0 radical (unpaired) electrons. The maximum atomic E-state index is 12.8. The molecule has 0 N–H and O–H groups in total. The Bertz CT molecular complexity index is 837. The summed E-state index contributed by atoms with van der Waals surface area (Å²) in [5.74, 6) is -0.158. The van der Waals surface area contributed by atoms with Crippen molar-refractivity contribution in [1.29, 1.82) is 0 Å². The van der Waals surface area contributed by atoms with E-state index in [1.807, 2.05) is 0 Å². The molecule has 0 spiro atoms. The van der Waals surface area contributed by atoms with Crippen LogP contribution in [0.4, 0.5) is 13.2 Å². The van der Waals surface area contributed by atoms with Crippen LogP contribution >= 0.6 is 0 Å². The minimum absolute atomic E-state index is 0.0416. The van der Waals surface area contributed by atoms with Gasteiger partial charge in [0.05, 0.1) is 24.4 Å². The summed E-state index contributed by atoms with van der Waals surface area (Å²) in [6.45, 7) is 0. The molecule has 0 fully saturated rings. The zero-order chi connectivity index (χ0) is 16.7. The third-order valence-corrected chi connectivity index (χ3v) is 3.18. The summed E-state index contributed by atoms with van der Waals surface area (Å²) in [4.78, 5) is 24.1. The Morgan fingerprint density at radius 3 is 2.27 bits per heavy atom. The number of methoxy groups -OCH3 is 1. The number of aromatic nitrogens is 3. The Morgan fingerprint density at radius 1 is 1.09 bits per heavy atom. The van der Waals surface area contributed by atoms with E-state index in [0.29, 0.717) is 4.57 Å². The Balaban J connectivity index is 2.76. The van der Waals surface area contributed by atoms with Gasteiger partial charge < -0.3 is 9.30 Å². The van der Waals surface area contributed by atoms with Crippen LogP contribution in [0.2, 0.25) is 0 Å². The maximum absolute atomic E-state index is 12.8. The van der Waals surface area contributed by atoms with E-state index in [0.717, 1.165) is 23.9 Å². The van der Waals surface area contributed by atoms with Gasteiger partial charge in [-0.3, -0.25) is 9.59 Å². The SMILES string of the molecule is COc1c(-c2ccc(C(F)(F)F)n(C)c2=O)cnn(C)c1=O. The summed E-state index contributed by atoms with van der Waals surface area (Å²) in [5.41, 5.74) is -2.64. The van der Waals surface area contributed by atoms with Gasteiger partial charge in [-0.05, 0) is 12.1 Å². The first kappa shape index (κ1) is 15.8. The predicted molar refractivity (Wildman–Crippen MR) is 71.7 cm³/mol. The Morgan fingerprint density at radius 2 is 1.73 bits per heavy atom. The number of nitrogens with zero attached hydrogens (tertiary/aromatic N) is 3. The van der Waals surface area contributed by atoms with Gasteiger partial charge in [-0.15, -0.1) is 0 Å². The highest BCUT2D eigenvalue weighted by atomic mass is 19.4. The van der Waals surface area contributed by atoms with Gasteiger partial charge in [0.25, 0.3) is 5.56 Å². The van der Waals surface area contributed by atoms with Gasteiger partial charge >= 0.3 is 11.7 Å². The molecule has 9 heteroatoms. The summed E-state index contributed by atoms with van der Waals surface area (Å²) in [5, 5.41) is 3.76. The number of aryl methyl sites for hydroxylation is 1. The van der Waals surface area contributed by atoms with Crippen LogP contribution in [0.1, 0.15) is 5.69 Å². The van der Waals surface area contributed by atoms with Crippen LogP contribution in [0.5, 0.6) is 5.75 Å². The van der Waals surface area contributed by atoms with Gasteiger partial charge in [0.2, 0.25) is 0 Å². The summed E-state index contributed by atoms with van der Waals surface area (Å²) in [6.07, 6.45) is -3.45. The quantitative estimate of drug-likeness (QED) is 0.834. The molecular weight excluding hydrogens is 303 g/mol. The topological polar surface area (TPSA) is 66.1 Å². The lowest BCUT2D eigenvalue weighted by atomic mass is 10.1. The molecular formula is C13H12F3N3O3. The highest BCUT2D eigenvalue weighted by Gasteiger charge is 2.34. The van der Waals surface area contributed by atoms with Crippen molar-refractivity contribution >= 4 is 0 Å². The van der Waals surface area contributed by atoms with Crippen LogP contribution in [0, 0.1) is 0 Å². The smallest absolute Gasteiger partial charge is 0.431 e. The van der Waals surface area contributed by atoms with Crippen LogP contribution in [-0.4, -0.2) is 21.5 Å². The van der Waals surface area contributed by atoms with Crippen LogP contribution in [0.3, 0.4) is 0 Å². The molecule has 0 atom stereocenters. The van der Waals surface area contributed by atoms with Crippen LogP contribution in [-0.2, 0) is 20.3 Å². The van der Waals surface area contributed by atoms with Crippen molar-refractivity contribution in [2.45, 2.75) is 6.18 Å². The Kier molecular flexibility index (Phi) is 3.82. The second-order valence-electron chi connectivity index (χ2n) is 4.51. The molecule has 0 aliphatic carbocycles. The number of hydrogen-bond donors (Lipinski definition) is 0. The van der Waals surface area contributed by atoms with Gasteiger partial charge in [0.1, 0.15) is 5.69 Å². The van der Waals surface area contributed by atoms with E-state index in [2.05, 4.69) is 5.10 Å². The molecule has 0 aliphatic heterocycles. The van der Waals surface area contributed by atoms with E-state index < -0.39 is 23.0 Å². The molecule has 118 valence electrons. The standard InChI is InChI=1S/C13H12F3N3O3/c1-18-9(13(14,15)16)5-4-7(11(18)20)8-6-17-19(2)12(21)10(8)22-3/h4-6H,1-3H3. The second-order valence-corrected chi connectivity index (χ2v) is 4.51. The van der Waals surface area contributed by atoms with E-state index in [9.17, 15) is 22.8 Å². The van der Waals surface area contributed by atoms with E-state index >= 15 is 0 Å². The first-order chi connectivity index (χ1) is 10.2. The number of hydrogen-bond acceptors (Lipinski definition) is 4. The van der Waals surface area contributed by atoms with Crippen LogP contribution < -0.4 is 15.9 Å². The highest BCUT2D eigenvalue weighted by molar-refractivity contribution is 5.68. The van der Waals surface area contributed by atoms with E-state index in [-0.39, 0.29) is 16.9 Å². The minimum atomic E-state index is -4.65. The Hall–Kier alpha value is -2.58. The van der Waals surface area contributed by atoms with Gasteiger partial charge in [-0.25, -0.2) is 4.68 Å². The molecule has 2 rings (SSSR count). The first-order valence-electron chi connectivity index (χ1n) is 6.06. The van der Waals surface area contributed by atoms with Gasteiger partial charge in [0, 0.05) is 14.1 Å². The van der Waals surface area contributed by atoms with Crippen molar-refractivity contribution in [3.63, 3.8) is 0 Å². The molecule has 0 amide bonds. The molecule has 2 aromatic heterocycles. The fraction of sp³-hybridized carbons (Fsp3) is 0.308. The van der Waals surface area contributed by atoms with Crippen molar-refractivity contribution in [3.8, 4) is 16.9 Å². The van der Waals surface area contributed by atoms with Gasteiger partial charge in [0.15, 0.2) is 5.75 Å². The lowest BCUT2D eigenvalue weighted by molar-refractivity contribution is -0.143. The summed E-state index contributed by atoms with van der Waals surface area (Å²) >= 11 is 0. The Labute approximate surface area is 122 Å². The zero-order valence-corrected chi connectivity index (χ0v) is 11.9. The third-order valence-electron chi connectivity index (χ3n) is 3.18. The largest absolute Gasteiger partial charge is 0.491 e. The average Bonchev–Trinajstić information content (AvgIpc) is 2.43. The second kappa shape index (κ2) is 5.32. The summed E-state index contributed by atoms with van der Waals surface area (Å²) in [6, 6.07) is 1.78. The fourth-order valence-corrected chi connectivity index (χ4v) is 2.03. The molecule has 0 unspecified atom stereocenters. The molecule has 0 saturated heterocycles. The molecule has 2 aromatic rings. The normalized spacial score (nSPS) is 11.5. The fourth-order valence-electron chi connectivity index (χ4n) is 2.03. The van der Waals surface area contributed by atoms with Crippen molar-refractivity contribution in [2.75, 3.05) is 7.11 Å². The van der Waals surface area contributed by atoms with Crippen LogP contribution in [0.25, 0.3) is 11.1 Å². The first-order valence-corrected chi connectivity index (χ1v) is 6.06. The number of rotatable bonds is 2. The van der Waals surface area contributed by atoms with Gasteiger partial charge in [-0.1, -0.05) is 0 Å². The molecule has 0 bridgehead atoms. The third kappa shape index (κ3) is 2.49. The van der Waals surface area contributed by atoms with Crippen molar-refractivity contribution in [2.24, 2.45) is 14.1 Å². The number of pyridine rings is 1.